The van der Waals surface area contributed by atoms with Crippen LogP contribution in [0.5, 0.6) is 0 Å². The molecule has 3 heterocycles. The molecule has 0 bridgehead atoms. The summed E-state index contributed by atoms with van der Waals surface area (Å²) >= 11 is 0. The Morgan fingerprint density at radius 2 is 1.89 bits per heavy atom. The lowest BCUT2D eigenvalue weighted by Crippen LogP contribution is -2.33. The topological polar surface area (TPSA) is 52.9 Å². The lowest BCUT2D eigenvalue weighted by Gasteiger charge is -2.29. The smallest absolute Gasteiger partial charge is 0.209 e. The van der Waals surface area contributed by atoms with Gasteiger partial charge in [0.05, 0.1) is 11.2 Å². The van der Waals surface area contributed by atoms with Gasteiger partial charge in [0.1, 0.15) is 5.82 Å². The number of anilines is 2. The minimum Gasteiger partial charge on any atom is -0.388 e. The zero-order valence-electron chi connectivity index (χ0n) is 21.8. The Kier molecular flexibility index (Phi) is 8.26. The van der Waals surface area contributed by atoms with Gasteiger partial charge in [-0.25, -0.2) is 4.98 Å². The number of carbonyl (C=O) groups excluding carboxylic acids is 1. The van der Waals surface area contributed by atoms with Crippen LogP contribution in [-0.2, 0) is 11.2 Å². The Labute approximate surface area is 214 Å². The minimum atomic E-state index is 0.289. The number of likely N-dealkylation sites (tertiary alicyclic amines) is 1. The van der Waals surface area contributed by atoms with E-state index in [0.717, 1.165) is 67.0 Å². The van der Waals surface area contributed by atoms with Crippen molar-refractivity contribution in [3.63, 3.8) is 0 Å². The van der Waals surface area contributed by atoms with Crippen molar-refractivity contribution in [2.45, 2.75) is 32.1 Å². The molecular weight excluding hydrogens is 446 g/mol. The lowest BCUT2D eigenvalue weighted by molar-refractivity contribution is -0.119. The quantitative estimate of drug-likeness (QED) is 0.358. The summed E-state index contributed by atoms with van der Waals surface area (Å²) in [7, 11) is 5.99. The molecule has 1 fully saturated rings. The predicted molar refractivity (Wildman–Crippen MR) is 150 cm³/mol. The van der Waals surface area contributed by atoms with Gasteiger partial charge < -0.3 is 19.5 Å². The number of piperidine rings is 1. The van der Waals surface area contributed by atoms with Crippen LogP contribution in [0.4, 0.5) is 11.4 Å². The van der Waals surface area contributed by atoms with E-state index in [1.54, 1.807) is 0 Å². The van der Waals surface area contributed by atoms with Crippen molar-refractivity contribution in [3.8, 4) is 11.3 Å². The fourth-order valence-corrected chi connectivity index (χ4v) is 4.74. The Bertz CT molecular complexity index is 1280. The fraction of sp³-hybridized carbons (Fsp3) is 0.333. The number of pyridine rings is 1. The molecule has 188 valence electrons. The lowest BCUT2D eigenvalue weighted by atomic mass is 9.97. The van der Waals surface area contributed by atoms with E-state index in [2.05, 4.69) is 88.4 Å². The van der Waals surface area contributed by atoms with Crippen LogP contribution in [0, 0.1) is 0 Å². The fourth-order valence-electron chi connectivity index (χ4n) is 4.74. The summed E-state index contributed by atoms with van der Waals surface area (Å²) in [5, 5.41) is 3.07. The molecule has 1 aliphatic rings. The van der Waals surface area contributed by atoms with E-state index in [1.807, 2.05) is 32.1 Å². The molecule has 4 aromatic rings. The highest BCUT2D eigenvalue weighted by Gasteiger charge is 2.25. The average Bonchev–Trinajstić information content (AvgIpc) is 3.33. The number of rotatable bonds is 6. The Balaban J connectivity index is 0.000000233. The first-order chi connectivity index (χ1) is 17.5. The van der Waals surface area contributed by atoms with Gasteiger partial charge in [-0.05, 0) is 67.3 Å². The summed E-state index contributed by atoms with van der Waals surface area (Å²) in [4.78, 5) is 20.2. The van der Waals surface area contributed by atoms with Gasteiger partial charge in [0.2, 0.25) is 6.41 Å². The number of imidazole rings is 1. The molecule has 0 radical (unpaired) electrons. The molecular formula is C30H37N5O. The maximum Gasteiger partial charge on any atom is 0.209 e. The van der Waals surface area contributed by atoms with Gasteiger partial charge in [0, 0.05) is 63.3 Å². The highest BCUT2D eigenvalue weighted by molar-refractivity contribution is 5.78. The SMILES string of the molecule is CCc1cccc(-c2nc(C3CCCN(C=O)C3)n3ccccc23)c1.CNc1ccc(N(C)C)cc1. The van der Waals surface area contributed by atoms with Crippen LogP contribution in [0.15, 0.2) is 72.9 Å². The predicted octanol–water partition coefficient (Wildman–Crippen LogP) is 5.69. The number of amides is 1. The second-order valence-electron chi connectivity index (χ2n) is 9.46. The number of carbonyl (C=O) groups is 1. The molecule has 0 saturated carbocycles. The summed E-state index contributed by atoms with van der Waals surface area (Å²) in [6, 6.07) is 23.2. The summed E-state index contributed by atoms with van der Waals surface area (Å²) in [6.45, 7) is 3.78. The summed E-state index contributed by atoms with van der Waals surface area (Å²) < 4.78 is 2.20. The number of hydrogen-bond acceptors (Lipinski definition) is 4. The van der Waals surface area contributed by atoms with Gasteiger partial charge in [-0.2, -0.15) is 0 Å². The molecule has 1 atom stereocenters. The van der Waals surface area contributed by atoms with E-state index in [9.17, 15) is 4.79 Å². The summed E-state index contributed by atoms with van der Waals surface area (Å²) in [6.07, 6.45) is 6.18. The van der Waals surface area contributed by atoms with Gasteiger partial charge in [-0.1, -0.05) is 31.2 Å². The van der Waals surface area contributed by atoms with E-state index in [-0.39, 0.29) is 5.92 Å². The largest absolute Gasteiger partial charge is 0.388 e. The number of nitrogens with one attached hydrogen (secondary N) is 1. The Hall–Kier alpha value is -3.80. The van der Waals surface area contributed by atoms with Crippen molar-refractivity contribution in [2.24, 2.45) is 0 Å². The van der Waals surface area contributed by atoms with Gasteiger partial charge >= 0.3 is 0 Å². The molecule has 2 aromatic heterocycles. The van der Waals surface area contributed by atoms with Crippen LogP contribution in [-0.4, -0.2) is 54.9 Å². The second kappa shape index (κ2) is 11.8. The average molecular weight is 484 g/mol. The van der Waals surface area contributed by atoms with Crippen molar-refractivity contribution in [3.05, 3.63) is 84.3 Å². The van der Waals surface area contributed by atoms with Gasteiger partial charge in [0.15, 0.2) is 0 Å². The van der Waals surface area contributed by atoms with E-state index in [4.69, 9.17) is 4.98 Å². The molecule has 1 unspecified atom stereocenters. The molecule has 36 heavy (non-hydrogen) atoms. The standard InChI is InChI=1S/C21H23N3O.C9H14N2/c1-2-16-7-5-8-17(13-16)20-19-10-3-4-12-24(19)21(22-20)18-9-6-11-23(14-18)15-25;1-10-8-4-6-9(7-5-8)11(2)3/h3-5,7-8,10,12-13,15,18H,2,6,9,11,14H2,1H3;4-7,10H,1-3H3. The van der Waals surface area contributed by atoms with Crippen molar-refractivity contribution in [1.82, 2.24) is 14.3 Å². The molecule has 1 N–H and O–H groups in total. The number of hydrogen-bond donors (Lipinski definition) is 1. The van der Waals surface area contributed by atoms with Crippen LogP contribution in [0.25, 0.3) is 16.8 Å². The minimum absolute atomic E-state index is 0.289. The van der Waals surface area contributed by atoms with Gasteiger partial charge in [-0.3, -0.25) is 4.79 Å². The third kappa shape index (κ3) is 5.70. The highest BCUT2D eigenvalue weighted by Crippen LogP contribution is 2.32. The maximum absolute atomic E-state index is 11.2. The summed E-state index contributed by atoms with van der Waals surface area (Å²) in [5.41, 5.74) is 7.03. The van der Waals surface area contributed by atoms with E-state index in [0.29, 0.717) is 0 Å². The molecule has 6 nitrogen and oxygen atoms in total. The number of aryl methyl sites for hydroxylation is 1. The third-order valence-electron chi connectivity index (χ3n) is 6.82. The number of benzene rings is 2. The molecule has 6 heteroatoms. The molecule has 2 aromatic carbocycles. The zero-order valence-corrected chi connectivity index (χ0v) is 21.8. The van der Waals surface area contributed by atoms with Gasteiger partial charge in [-0.15, -0.1) is 0 Å². The first-order valence-electron chi connectivity index (χ1n) is 12.7. The summed E-state index contributed by atoms with van der Waals surface area (Å²) in [5.74, 6) is 1.36. The first kappa shape index (κ1) is 25.3. The van der Waals surface area contributed by atoms with Crippen LogP contribution in [0.2, 0.25) is 0 Å². The third-order valence-corrected chi connectivity index (χ3v) is 6.82. The van der Waals surface area contributed by atoms with E-state index >= 15 is 0 Å². The molecule has 0 aliphatic carbocycles. The van der Waals surface area contributed by atoms with Crippen molar-refractivity contribution < 1.29 is 4.79 Å². The molecule has 1 aliphatic heterocycles. The second-order valence-corrected chi connectivity index (χ2v) is 9.46. The van der Waals surface area contributed by atoms with Crippen LogP contribution in [0.1, 0.15) is 37.1 Å². The molecule has 1 amide bonds. The number of fused-ring (bicyclic) bond motifs is 1. The Morgan fingerprint density at radius 1 is 1.08 bits per heavy atom. The molecule has 1 saturated heterocycles. The van der Waals surface area contributed by atoms with Crippen molar-refractivity contribution >= 4 is 23.3 Å². The first-order valence-corrected chi connectivity index (χ1v) is 12.7. The molecule has 5 rings (SSSR count). The normalized spacial score (nSPS) is 15.2. The monoisotopic (exact) mass is 483 g/mol. The van der Waals surface area contributed by atoms with Crippen molar-refractivity contribution in [1.29, 1.82) is 0 Å². The molecule has 0 spiro atoms. The highest BCUT2D eigenvalue weighted by atomic mass is 16.1. The Morgan fingerprint density at radius 3 is 2.58 bits per heavy atom. The van der Waals surface area contributed by atoms with Crippen LogP contribution in [0.3, 0.4) is 0 Å². The van der Waals surface area contributed by atoms with E-state index in [1.165, 1.54) is 11.3 Å². The van der Waals surface area contributed by atoms with Gasteiger partial charge in [0.25, 0.3) is 0 Å². The van der Waals surface area contributed by atoms with E-state index < -0.39 is 0 Å². The van der Waals surface area contributed by atoms with Crippen molar-refractivity contribution in [2.75, 3.05) is 44.4 Å². The number of nitrogens with zero attached hydrogens (tertiary/aromatic N) is 4. The van der Waals surface area contributed by atoms with Crippen LogP contribution >= 0.6 is 0 Å². The van der Waals surface area contributed by atoms with Crippen LogP contribution < -0.4 is 10.2 Å². The zero-order chi connectivity index (χ0) is 25.5. The number of aromatic nitrogens is 2. The maximum atomic E-state index is 11.2.